The van der Waals surface area contributed by atoms with Gasteiger partial charge in [-0.1, -0.05) is 11.6 Å². The predicted molar refractivity (Wildman–Crippen MR) is 68.4 cm³/mol. The summed E-state index contributed by atoms with van der Waals surface area (Å²) < 4.78 is 1.95. The molecule has 0 bridgehead atoms. The van der Waals surface area contributed by atoms with Crippen molar-refractivity contribution in [1.29, 1.82) is 0 Å². The summed E-state index contributed by atoms with van der Waals surface area (Å²) in [5.41, 5.74) is 1.41. The van der Waals surface area contributed by atoms with Crippen LogP contribution in [0.5, 0.6) is 0 Å². The Hall–Kier alpha value is -1.09. The number of nitrogens with one attached hydrogen (secondary N) is 1. The third-order valence-corrected chi connectivity index (χ3v) is 2.55. The molecule has 0 aliphatic rings. The van der Waals surface area contributed by atoms with E-state index in [9.17, 15) is 0 Å². The van der Waals surface area contributed by atoms with Crippen molar-refractivity contribution in [2.45, 2.75) is 46.2 Å². The van der Waals surface area contributed by atoms with Crippen LogP contribution in [-0.4, -0.2) is 22.4 Å². The SMILES string of the molecule is CC(C)=CCCC(C)NCCn1cccn1. The summed E-state index contributed by atoms with van der Waals surface area (Å²) in [5, 5.41) is 7.67. The highest BCUT2D eigenvalue weighted by molar-refractivity contribution is 4.93. The Labute approximate surface area is 98.5 Å². The molecule has 0 saturated heterocycles. The summed E-state index contributed by atoms with van der Waals surface area (Å²) in [6.07, 6.45) is 8.47. The van der Waals surface area contributed by atoms with Crippen LogP contribution in [0.3, 0.4) is 0 Å². The lowest BCUT2D eigenvalue weighted by Gasteiger charge is -2.12. The molecule has 1 heterocycles. The second-order valence-electron chi connectivity index (χ2n) is 4.48. The van der Waals surface area contributed by atoms with Gasteiger partial charge in [0.2, 0.25) is 0 Å². The third kappa shape index (κ3) is 5.71. The maximum Gasteiger partial charge on any atom is 0.0534 e. The van der Waals surface area contributed by atoms with E-state index in [0.29, 0.717) is 6.04 Å². The van der Waals surface area contributed by atoms with Gasteiger partial charge in [-0.15, -0.1) is 0 Å². The van der Waals surface area contributed by atoms with E-state index in [2.05, 4.69) is 37.3 Å². The molecule has 0 aliphatic heterocycles. The van der Waals surface area contributed by atoms with Crippen LogP contribution in [0.1, 0.15) is 33.6 Å². The number of allylic oxidation sites excluding steroid dienone is 2. The van der Waals surface area contributed by atoms with E-state index in [4.69, 9.17) is 0 Å². The van der Waals surface area contributed by atoms with Crippen LogP contribution >= 0.6 is 0 Å². The van der Waals surface area contributed by atoms with Crippen molar-refractivity contribution in [3.63, 3.8) is 0 Å². The standard InChI is InChI=1S/C13H23N3/c1-12(2)6-4-7-13(3)14-9-11-16-10-5-8-15-16/h5-6,8,10,13-14H,4,7,9,11H2,1-3H3. The quantitative estimate of drug-likeness (QED) is 0.717. The van der Waals surface area contributed by atoms with Crippen molar-refractivity contribution in [3.8, 4) is 0 Å². The van der Waals surface area contributed by atoms with Crippen LogP contribution in [0.15, 0.2) is 30.1 Å². The van der Waals surface area contributed by atoms with Crippen LogP contribution in [0.4, 0.5) is 0 Å². The topological polar surface area (TPSA) is 29.9 Å². The van der Waals surface area contributed by atoms with Gasteiger partial charge in [0.25, 0.3) is 0 Å². The van der Waals surface area contributed by atoms with Gasteiger partial charge in [-0.3, -0.25) is 4.68 Å². The lowest BCUT2D eigenvalue weighted by atomic mass is 10.1. The first-order valence-corrected chi connectivity index (χ1v) is 6.02. The number of nitrogens with zero attached hydrogens (tertiary/aromatic N) is 2. The minimum absolute atomic E-state index is 0.575. The second-order valence-corrected chi connectivity index (χ2v) is 4.48. The molecule has 3 nitrogen and oxygen atoms in total. The van der Waals surface area contributed by atoms with Gasteiger partial charge >= 0.3 is 0 Å². The number of hydrogen-bond acceptors (Lipinski definition) is 2. The molecule has 1 unspecified atom stereocenters. The second kappa shape index (κ2) is 7.23. The zero-order valence-electron chi connectivity index (χ0n) is 10.6. The summed E-state index contributed by atoms with van der Waals surface area (Å²) in [4.78, 5) is 0. The van der Waals surface area contributed by atoms with E-state index < -0.39 is 0 Å². The highest BCUT2D eigenvalue weighted by Gasteiger charge is 1.99. The highest BCUT2D eigenvalue weighted by Crippen LogP contribution is 2.00. The highest BCUT2D eigenvalue weighted by atomic mass is 15.3. The third-order valence-electron chi connectivity index (χ3n) is 2.55. The van der Waals surface area contributed by atoms with Crippen LogP contribution < -0.4 is 5.32 Å². The van der Waals surface area contributed by atoms with Crippen molar-refractivity contribution in [1.82, 2.24) is 15.1 Å². The lowest BCUT2D eigenvalue weighted by molar-refractivity contribution is 0.477. The first kappa shape index (κ1) is 13.0. The molecular formula is C13H23N3. The van der Waals surface area contributed by atoms with Gasteiger partial charge in [-0.2, -0.15) is 5.10 Å². The monoisotopic (exact) mass is 221 g/mol. The Balaban J connectivity index is 2.06. The summed E-state index contributed by atoms with van der Waals surface area (Å²) in [6, 6.07) is 2.53. The summed E-state index contributed by atoms with van der Waals surface area (Å²) >= 11 is 0. The molecule has 3 heteroatoms. The Kier molecular flexibility index (Phi) is 5.86. The number of hydrogen-bond donors (Lipinski definition) is 1. The van der Waals surface area contributed by atoms with Crippen molar-refractivity contribution in [2.24, 2.45) is 0 Å². The first-order chi connectivity index (χ1) is 7.68. The Bertz CT molecular complexity index is 297. The molecule has 0 amide bonds. The Morgan fingerprint density at radius 1 is 1.50 bits per heavy atom. The van der Waals surface area contributed by atoms with E-state index in [1.807, 2.05) is 23.1 Å². The molecule has 0 radical (unpaired) electrons. The maximum atomic E-state index is 4.17. The van der Waals surface area contributed by atoms with Crippen molar-refractivity contribution < 1.29 is 0 Å². The zero-order valence-corrected chi connectivity index (χ0v) is 10.6. The van der Waals surface area contributed by atoms with E-state index in [0.717, 1.165) is 19.5 Å². The van der Waals surface area contributed by atoms with Gasteiger partial charge in [-0.25, -0.2) is 0 Å². The molecule has 0 fully saturated rings. The van der Waals surface area contributed by atoms with Gasteiger partial charge in [0.15, 0.2) is 0 Å². The van der Waals surface area contributed by atoms with Crippen molar-refractivity contribution in [2.75, 3.05) is 6.54 Å². The molecule has 1 atom stereocenters. The smallest absolute Gasteiger partial charge is 0.0534 e. The van der Waals surface area contributed by atoms with E-state index in [-0.39, 0.29) is 0 Å². The van der Waals surface area contributed by atoms with Gasteiger partial charge in [0, 0.05) is 25.0 Å². The molecular weight excluding hydrogens is 198 g/mol. The first-order valence-electron chi connectivity index (χ1n) is 6.02. The predicted octanol–water partition coefficient (Wildman–Crippen LogP) is 2.61. The van der Waals surface area contributed by atoms with Gasteiger partial charge in [0.05, 0.1) is 6.54 Å². The molecule has 0 saturated carbocycles. The molecule has 1 N–H and O–H groups in total. The molecule has 1 aromatic heterocycles. The molecule has 16 heavy (non-hydrogen) atoms. The van der Waals surface area contributed by atoms with Crippen LogP contribution in [0.2, 0.25) is 0 Å². The molecule has 1 aromatic rings. The molecule has 0 spiro atoms. The molecule has 90 valence electrons. The maximum absolute atomic E-state index is 4.17. The zero-order chi connectivity index (χ0) is 11.8. The molecule has 1 rings (SSSR count). The van der Waals surface area contributed by atoms with Crippen molar-refractivity contribution in [3.05, 3.63) is 30.1 Å². The Morgan fingerprint density at radius 2 is 2.31 bits per heavy atom. The Morgan fingerprint density at radius 3 is 2.94 bits per heavy atom. The van der Waals surface area contributed by atoms with Gasteiger partial charge in [0.1, 0.15) is 0 Å². The lowest BCUT2D eigenvalue weighted by Crippen LogP contribution is -2.29. The minimum atomic E-state index is 0.575. The fraction of sp³-hybridized carbons (Fsp3) is 0.615. The summed E-state index contributed by atoms with van der Waals surface area (Å²) in [6.45, 7) is 8.46. The van der Waals surface area contributed by atoms with E-state index in [1.165, 1.54) is 12.0 Å². The van der Waals surface area contributed by atoms with Gasteiger partial charge in [-0.05, 0) is 39.7 Å². The average molecular weight is 221 g/mol. The number of aromatic nitrogens is 2. The van der Waals surface area contributed by atoms with E-state index in [1.54, 1.807) is 0 Å². The largest absolute Gasteiger partial charge is 0.312 e. The van der Waals surface area contributed by atoms with E-state index >= 15 is 0 Å². The van der Waals surface area contributed by atoms with Crippen LogP contribution in [0.25, 0.3) is 0 Å². The molecule has 0 aromatic carbocycles. The summed E-state index contributed by atoms with van der Waals surface area (Å²) in [5.74, 6) is 0. The fourth-order valence-corrected chi connectivity index (χ4v) is 1.58. The fourth-order valence-electron chi connectivity index (χ4n) is 1.58. The normalized spacial score (nSPS) is 12.4. The number of rotatable bonds is 7. The summed E-state index contributed by atoms with van der Waals surface area (Å²) in [7, 11) is 0. The van der Waals surface area contributed by atoms with Crippen LogP contribution in [-0.2, 0) is 6.54 Å². The molecule has 0 aliphatic carbocycles. The van der Waals surface area contributed by atoms with Gasteiger partial charge < -0.3 is 5.32 Å². The van der Waals surface area contributed by atoms with Crippen LogP contribution in [0, 0.1) is 0 Å². The average Bonchev–Trinajstić information content (AvgIpc) is 2.70. The minimum Gasteiger partial charge on any atom is -0.312 e. The van der Waals surface area contributed by atoms with Crippen molar-refractivity contribution >= 4 is 0 Å².